The van der Waals surface area contributed by atoms with Crippen molar-refractivity contribution in [1.29, 1.82) is 0 Å². The van der Waals surface area contributed by atoms with Crippen molar-refractivity contribution in [3.8, 4) is 61.6 Å². The van der Waals surface area contributed by atoms with Crippen LogP contribution in [0.1, 0.15) is 89.0 Å². The molecule has 4 heteroatoms. The first-order valence-corrected chi connectivity index (χ1v) is 47.6. The van der Waals surface area contributed by atoms with E-state index in [9.17, 15) is 0 Å². The summed E-state index contributed by atoms with van der Waals surface area (Å²) in [5.74, 6) is 0. The molecule has 4 nitrogen and oxygen atoms in total. The molecule has 0 N–H and O–H groups in total. The number of aromatic nitrogens is 3. The minimum absolute atomic E-state index is 0.484. The summed E-state index contributed by atoms with van der Waals surface area (Å²) in [6.45, 7) is 0. The summed E-state index contributed by atoms with van der Waals surface area (Å²) in [6.07, 6.45) is 0. The summed E-state index contributed by atoms with van der Waals surface area (Å²) in [5.41, 5.74) is 44.0. The van der Waals surface area contributed by atoms with E-state index in [0.717, 1.165) is 34.1 Å². The molecule has 0 radical (unpaired) electrons. The molecule has 25 aromatic rings. The molecule has 0 saturated carbocycles. The predicted molar refractivity (Wildman–Crippen MR) is 562 cm³/mol. The quantitative estimate of drug-likeness (QED) is 0.162. The van der Waals surface area contributed by atoms with Crippen LogP contribution in [0.5, 0.6) is 0 Å². The summed E-state index contributed by atoms with van der Waals surface area (Å²) in [7, 11) is 0. The maximum absolute atomic E-state index is 2.54. The molecule has 4 spiro atoms. The zero-order valence-electron chi connectivity index (χ0n) is 74.1. The van der Waals surface area contributed by atoms with Crippen LogP contribution in [0.2, 0.25) is 0 Å². The summed E-state index contributed by atoms with van der Waals surface area (Å²) in [4.78, 5) is 2.33. The number of rotatable bonds is 6. The zero-order chi connectivity index (χ0) is 88.9. The summed E-state index contributed by atoms with van der Waals surface area (Å²) in [5, 5.41) is 12.7. The summed E-state index contributed by atoms with van der Waals surface area (Å²) >= 11 is 0. The van der Waals surface area contributed by atoms with Crippen LogP contribution in [-0.4, -0.2) is 13.7 Å². The third-order valence-electron chi connectivity index (χ3n) is 31.8. The van der Waals surface area contributed by atoms with Gasteiger partial charge in [-0.15, -0.1) is 0 Å². The van der Waals surface area contributed by atoms with E-state index in [1.807, 2.05) is 0 Å². The number of benzene rings is 22. The lowest BCUT2D eigenvalue weighted by Gasteiger charge is -2.48. The van der Waals surface area contributed by atoms with Crippen LogP contribution in [0.4, 0.5) is 17.1 Å². The molecule has 630 valence electrons. The number of para-hydroxylation sites is 4. The van der Waals surface area contributed by atoms with Gasteiger partial charge in [-0.1, -0.05) is 388 Å². The second kappa shape index (κ2) is 28.1. The van der Waals surface area contributed by atoms with Crippen LogP contribution in [0.25, 0.3) is 149 Å². The number of nitrogens with zero attached hydrogens (tertiary/aromatic N) is 4. The number of hydrogen-bond acceptors (Lipinski definition) is 1. The van der Waals surface area contributed by atoms with Gasteiger partial charge in [-0.2, -0.15) is 0 Å². The van der Waals surface area contributed by atoms with Crippen LogP contribution in [0, 0.1) is 0 Å². The van der Waals surface area contributed by atoms with E-state index in [-0.39, 0.29) is 0 Å². The fourth-order valence-electron chi connectivity index (χ4n) is 27.1. The van der Waals surface area contributed by atoms with Gasteiger partial charge >= 0.3 is 0 Å². The molecule has 3 aromatic heterocycles. The van der Waals surface area contributed by atoms with E-state index < -0.39 is 21.7 Å². The minimum Gasteiger partial charge on any atom is -0.311 e. The number of fused-ring (bicyclic) bond motifs is 47. The molecule has 6 aliphatic carbocycles. The Morgan fingerprint density at radius 1 is 0.147 bits per heavy atom. The van der Waals surface area contributed by atoms with Gasteiger partial charge < -0.3 is 18.6 Å². The average Bonchev–Trinajstić information content (AvgIpc) is 1.47. The van der Waals surface area contributed by atoms with E-state index in [0.29, 0.717) is 0 Å². The Bertz CT molecular complexity index is 9220. The van der Waals surface area contributed by atoms with Crippen LogP contribution in [0.15, 0.2) is 497 Å². The Balaban J connectivity index is 0.000000129. The van der Waals surface area contributed by atoms with Crippen LogP contribution in [0.3, 0.4) is 0 Å². The third kappa shape index (κ3) is 9.51. The van der Waals surface area contributed by atoms with Gasteiger partial charge in [0, 0.05) is 66.4 Å². The molecule has 0 bridgehead atoms. The molecule has 136 heavy (non-hydrogen) atoms. The van der Waals surface area contributed by atoms with E-state index >= 15 is 0 Å². The maximum atomic E-state index is 2.54. The van der Waals surface area contributed by atoms with E-state index in [1.165, 1.54) is 220 Å². The Labute approximate surface area is 786 Å². The van der Waals surface area contributed by atoms with Crippen molar-refractivity contribution < 1.29 is 0 Å². The molecular weight excluding hydrogens is 1640 g/mol. The smallest absolute Gasteiger partial charge is 0.0720 e. The van der Waals surface area contributed by atoms with Gasteiger partial charge in [0.15, 0.2) is 0 Å². The highest BCUT2D eigenvalue weighted by atomic mass is 15.1. The normalized spacial score (nSPS) is 14.3. The monoisotopic (exact) mass is 1720 g/mol. The van der Waals surface area contributed by atoms with Gasteiger partial charge in [-0.05, 0) is 264 Å². The van der Waals surface area contributed by atoms with Crippen molar-refractivity contribution in [2.24, 2.45) is 0 Å². The predicted octanol–water partition coefficient (Wildman–Crippen LogP) is 32.5. The van der Waals surface area contributed by atoms with Crippen molar-refractivity contribution in [1.82, 2.24) is 13.7 Å². The second-order valence-corrected chi connectivity index (χ2v) is 37.7. The minimum atomic E-state index is -0.581. The van der Waals surface area contributed by atoms with Crippen molar-refractivity contribution in [2.45, 2.75) is 21.7 Å². The van der Waals surface area contributed by atoms with Gasteiger partial charge in [-0.25, -0.2) is 0 Å². The summed E-state index contributed by atoms with van der Waals surface area (Å²) in [6, 6.07) is 187. The number of hydrogen-bond donors (Lipinski definition) is 0. The molecule has 0 aliphatic heterocycles. The molecule has 0 atom stereocenters. The largest absolute Gasteiger partial charge is 0.311 e. The first-order valence-electron chi connectivity index (χ1n) is 47.6. The summed E-state index contributed by atoms with van der Waals surface area (Å²) < 4.78 is 7.46. The molecule has 0 saturated heterocycles. The highest BCUT2D eigenvalue weighted by Gasteiger charge is 2.62. The van der Waals surface area contributed by atoms with Crippen LogP contribution >= 0.6 is 0 Å². The Kier molecular flexibility index (Phi) is 15.5. The molecule has 0 fully saturated rings. The van der Waals surface area contributed by atoms with E-state index in [1.54, 1.807) is 0 Å². The van der Waals surface area contributed by atoms with Crippen LogP contribution < -0.4 is 4.90 Å². The molecule has 0 amide bonds. The molecule has 0 unspecified atom stereocenters. The molecule has 31 rings (SSSR count). The fraction of sp³-hybridized carbons (Fsp3) is 0.0303. The maximum Gasteiger partial charge on any atom is 0.0720 e. The Morgan fingerprint density at radius 3 is 0.809 bits per heavy atom. The van der Waals surface area contributed by atoms with Crippen molar-refractivity contribution in [3.63, 3.8) is 0 Å². The fourth-order valence-corrected chi connectivity index (χ4v) is 27.1. The number of anilines is 3. The zero-order valence-corrected chi connectivity index (χ0v) is 74.1. The first-order chi connectivity index (χ1) is 67.5. The lowest BCUT2D eigenvalue weighted by molar-refractivity contribution is 0.633. The average molecular weight is 1720 g/mol. The topological polar surface area (TPSA) is 18.0 Å². The molecular formula is C132H82N4. The van der Waals surface area contributed by atoms with Gasteiger partial charge in [0.1, 0.15) is 0 Å². The SMILES string of the molecule is c1ccc(-n2c3ccccc3c3cc(-n4c5ccc6c(c5c5c7ccccc7ccc54)-c4ccccc4C64c5ccccc5C5(c6ccccc6-c6ccccc65)c5ccccc54)ccc32)cc1.c1ccc(N(c2ccccc2)c2ccc(-n3c4ccc5c(c4c4c6ccccc6ccc43)-c3ccccc3C53c4ccccc4C4(c5ccccc5-c5ccccc54)c4ccccc43)cc2)cc1. The lowest BCUT2D eigenvalue weighted by atomic mass is 9.52. The highest BCUT2D eigenvalue weighted by molar-refractivity contribution is 6.29. The van der Waals surface area contributed by atoms with Crippen molar-refractivity contribution >= 4 is 104 Å². The van der Waals surface area contributed by atoms with Gasteiger partial charge in [0.05, 0.1) is 54.8 Å². The molecule has 6 aliphatic rings. The van der Waals surface area contributed by atoms with E-state index in [2.05, 4.69) is 516 Å². The van der Waals surface area contributed by atoms with Gasteiger partial charge in [-0.3, -0.25) is 0 Å². The first kappa shape index (κ1) is 75.3. The van der Waals surface area contributed by atoms with E-state index in [4.69, 9.17) is 0 Å². The molecule has 3 heterocycles. The molecule has 22 aromatic carbocycles. The second-order valence-electron chi connectivity index (χ2n) is 37.7. The highest BCUT2D eigenvalue weighted by Crippen LogP contribution is 2.72. The van der Waals surface area contributed by atoms with Crippen LogP contribution in [-0.2, 0) is 21.7 Å². The third-order valence-corrected chi connectivity index (χ3v) is 31.8. The van der Waals surface area contributed by atoms with Gasteiger partial charge in [0.25, 0.3) is 0 Å². The lowest BCUT2D eigenvalue weighted by Crippen LogP contribution is -2.43. The van der Waals surface area contributed by atoms with Crippen molar-refractivity contribution in [3.05, 3.63) is 586 Å². The Morgan fingerprint density at radius 2 is 0.404 bits per heavy atom. The van der Waals surface area contributed by atoms with Gasteiger partial charge in [0.2, 0.25) is 0 Å². The standard InChI is InChI=1S/C66H40N2.C66H42N2/c1-2-19-42(20-3-1)67-58-33-17-9-24-47(58)49-40-43(35-38-59(49)67)68-60-37-34-41-18-4-5-21-44(41)63(60)64-61(68)39-36-57-62(64)48-25-8-12-28-52(48)66(57)55-31-15-13-29-53(55)65(54-30-14-16-32-56(54)66)50-26-10-6-22-45(50)46-23-7-11-27-51(46)65;1-3-20-44(21-4-1)67(45-22-5-2-6-23-45)46-36-38-47(39-37-46)68-60-41-35-43-19-7-8-24-48(43)63(60)64-61(68)42-40-59-62(64)51-27-11-14-30-54(51)66(59)57-33-17-15-31-55(57)65(56-32-16-18-34-58(56)66)52-28-12-9-25-49(52)50-26-10-13-29-53(50)65/h1-40H;1-42H. The van der Waals surface area contributed by atoms with Crippen molar-refractivity contribution in [2.75, 3.05) is 4.90 Å². The Hall–Kier alpha value is -17.4.